The molecule has 0 aliphatic carbocycles. The lowest BCUT2D eigenvalue weighted by Gasteiger charge is -2.20. The first-order valence-corrected chi connectivity index (χ1v) is 5.85. The Balaban J connectivity index is 2.71. The molecule has 2 heteroatoms. The Labute approximate surface area is 103 Å². The topological polar surface area (TPSA) is 26.3 Å². The van der Waals surface area contributed by atoms with Crippen molar-refractivity contribution in [3.05, 3.63) is 47.5 Å². The maximum Gasteiger partial charge on any atom is 0.334 e. The van der Waals surface area contributed by atoms with E-state index in [0.717, 1.165) is 5.56 Å². The van der Waals surface area contributed by atoms with E-state index in [2.05, 4.69) is 0 Å². The molecule has 0 aromatic heterocycles. The lowest BCUT2D eigenvalue weighted by molar-refractivity contribution is -0.150. The molecule has 0 N–H and O–H groups in total. The van der Waals surface area contributed by atoms with Crippen molar-refractivity contribution in [2.75, 3.05) is 0 Å². The van der Waals surface area contributed by atoms with Crippen LogP contribution < -0.4 is 0 Å². The van der Waals surface area contributed by atoms with Gasteiger partial charge in [-0.05, 0) is 33.3 Å². The highest BCUT2D eigenvalue weighted by Crippen LogP contribution is 2.14. The number of carbonyl (C=O) groups is 1. The van der Waals surface area contributed by atoms with Gasteiger partial charge in [0.1, 0.15) is 5.60 Å². The summed E-state index contributed by atoms with van der Waals surface area (Å²) >= 11 is 0. The lowest BCUT2D eigenvalue weighted by atomic mass is 10.0. The number of hydrogen-bond donors (Lipinski definition) is 0. The summed E-state index contributed by atoms with van der Waals surface area (Å²) in [6.07, 6.45) is 2.44. The van der Waals surface area contributed by atoms with Gasteiger partial charge in [0.2, 0.25) is 0 Å². The Hall–Kier alpha value is -1.57. The fourth-order valence-corrected chi connectivity index (χ4v) is 1.45. The van der Waals surface area contributed by atoms with Crippen molar-refractivity contribution >= 4 is 5.97 Å². The molecule has 0 atom stereocenters. The quantitative estimate of drug-likeness (QED) is 0.589. The van der Waals surface area contributed by atoms with Crippen LogP contribution in [0.2, 0.25) is 0 Å². The minimum atomic E-state index is -0.442. The summed E-state index contributed by atoms with van der Waals surface area (Å²) in [7, 11) is 0. The van der Waals surface area contributed by atoms with E-state index in [-0.39, 0.29) is 5.97 Å². The maximum absolute atomic E-state index is 11.9. The van der Waals surface area contributed by atoms with E-state index in [0.29, 0.717) is 12.0 Å². The standard InChI is InChI=1S/C15H20O2/c1-5-13(14(16)17-15(2,3)4)11-12-9-7-6-8-10-12/h5-10H,11H2,1-4H3/b13-5-. The number of carbonyl (C=O) groups excluding carboxylic acids is 1. The molecule has 1 aromatic rings. The van der Waals surface area contributed by atoms with Gasteiger partial charge >= 0.3 is 5.97 Å². The van der Waals surface area contributed by atoms with Crippen molar-refractivity contribution in [1.29, 1.82) is 0 Å². The fraction of sp³-hybridized carbons (Fsp3) is 0.400. The molecule has 0 bridgehead atoms. The Bertz CT molecular complexity index is 397. The maximum atomic E-state index is 11.9. The zero-order valence-electron chi connectivity index (χ0n) is 11.0. The van der Waals surface area contributed by atoms with Crippen LogP contribution in [0, 0.1) is 0 Å². The van der Waals surface area contributed by atoms with Gasteiger partial charge in [-0.3, -0.25) is 0 Å². The first-order valence-electron chi connectivity index (χ1n) is 5.85. The van der Waals surface area contributed by atoms with Crippen LogP contribution in [0.1, 0.15) is 33.3 Å². The van der Waals surface area contributed by atoms with Gasteiger partial charge in [-0.1, -0.05) is 36.4 Å². The lowest BCUT2D eigenvalue weighted by Crippen LogP contribution is -2.25. The van der Waals surface area contributed by atoms with E-state index in [1.54, 1.807) is 0 Å². The number of rotatable bonds is 3. The third kappa shape index (κ3) is 4.85. The normalized spacial score (nSPS) is 12.4. The molecule has 0 spiro atoms. The summed E-state index contributed by atoms with van der Waals surface area (Å²) in [5.41, 5.74) is 1.37. The molecule has 2 nitrogen and oxygen atoms in total. The molecule has 0 saturated carbocycles. The Morgan fingerprint density at radius 3 is 2.29 bits per heavy atom. The van der Waals surface area contributed by atoms with Crippen molar-refractivity contribution in [3.63, 3.8) is 0 Å². The molecule has 0 radical (unpaired) electrons. The average molecular weight is 232 g/mol. The van der Waals surface area contributed by atoms with Gasteiger partial charge in [-0.2, -0.15) is 0 Å². The Morgan fingerprint density at radius 2 is 1.82 bits per heavy atom. The minimum absolute atomic E-state index is 0.233. The molecular weight excluding hydrogens is 212 g/mol. The molecule has 92 valence electrons. The van der Waals surface area contributed by atoms with Crippen LogP contribution in [-0.2, 0) is 16.0 Å². The zero-order valence-corrected chi connectivity index (χ0v) is 11.0. The summed E-state index contributed by atoms with van der Waals surface area (Å²) < 4.78 is 5.36. The van der Waals surface area contributed by atoms with Crippen molar-refractivity contribution in [3.8, 4) is 0 Å². The molecule has 0 fully saturated rings. The first-order chi connectivity index (χ1) is 7.92. The van der Waals surface area contributed by atoms with Gasteiger partial charge in [0.25, 0.3) is 0 Å². The van der Waals surface area contributed by atoms with E-state index in [1.807, 2.05) is 64.1 Å². The number of esters is 1. The molecule has 0 saturated heterocycles. The second-order valence-electron chi connectivity index (χ2n) is 4.98. The van der Waals surface area contributed by atoms with Crippen molar-refractivity contribution < 1.29 is 9.53 Å². The Morgan fingerprint density at radius 1 is 1.24 bits per heavy atom. The average Bonchev–Trinajstić information content (AvgIpc) is 2.24. The molecule has 1 aromatic carbocycles. The van der Waals surface area contributed by atoms with Crippen LogP contribution >= 0.6 is 0 Å². The molecule has 0 aliphatic rings. The van der Waals surface area contributed by atoms with Gasteiger partial charge in [0.15, 0.2) is 0 Å². The molecular formula is C15H20O2. The first kappa shape index (κ1) is 13.5. The summed E-state index contributed by atoms with van der Waals surface area (Å²) in [5, 5.41) is 0. The van der Waals surface area contributed by atoms with E-state index >= 15 is 0 Å². The van der Waals surface area contributed by atoms with Gasteiger partial charge < -0.3 is 4.74 Å². The van der Waals surface area contributed by atoms with Gasteiger partial charge in [-0.15, -0.1) is 0 Å². The van der Waals surface area contributed by atoms with Crippen LogP contribution in [0.25, 0.3) is 0 Å². The van der Waals surface area contributed by atoms with Crippen LogP contribution in [0.15, 0.2) is 42.0 Å². The molecule has 0 heterocycles. The fourth-order valence-electron chi connectivity index (χ4n) is 1.45. The SMILES string of the molecule is C/C=C(/Cc1ccccc1)C(=O)OC(C)(C)C. The van der Waals surface area contributed by atoms with Crippen LogP contribution in [0.3, 0.4) is 0 Å². The van der Waals surface area contributed by atoms with Crippen LogP contribution in [0.4, 0.5) is 0 Å². The summed E-state index contributed by atoms with van der Waals surface area (Å²) in [5.74, 6) is -0.233. The van der Waals surface area contributed by atoms with Crippen LogP contribution in [-0.4, -0.2) is 11.6 Å². The summed E-state index contributed by atoms with van der Waals surface area (Å²) in [6.45, 7) is 7.49. The van der Waals surface area contributed by atoms with Crippen molar-refractivity contribution in [2.45, 2.75) is 39.7 Å². The van der Waals surface area contributed by atoms with Crippen LogP contribution in [0.5, 0.6) is 0 Å². The summed E-state index contributed by atoms with van der Waals surface area (Å²) in [6, 6.07) is 9.92. The number of benzene rings is 1. The van der Waals surface area contributed by atoms with Gasteiger partial charge in [-0.25, -0.2) is 4.79 Å². The minimum Gasteiger partial charge on any atom is -0.457 e. The highest BCUT2D eigenvalue weighted by Gasteiger charge is 2.19. The van der Waals surface area contributed by atoms with E-state index < -0.39 is 5.60 Å². The Kier molecular flexibility index (Phi) is 4.50. The third-order valence-electron chi connectivity index (χ3n) is 2.25. The molecule has 0 unspecified atom stereocenters. The van der Waals surface area contributed by atoms with E-state index in [1.165, 1.54) is 0 Å². The second-order valence-corrected chi connectivity index (χ2v) is 4.98. The summed E-state index contributed by atoms with van der Waals surface area (Å²) in [4.78, 5) is 11.9. The predicted molar refractivity (Wildman–Crippen MR) is 69.7 cm³/mol. The van der Waals surface area contributed by atoms with Crippen molar-refractivity contribution in [2.24, 2.45) is 0 Å². The highest BCUT2D eigenvalue weighted by molar-refractivity contribution is 5.89. The zero-order chi connectivity index (χ0) is 12.9. The van der Waals surface area contributed by atoms with Crippen molar-refractivity contribution in [1.82, 2.24) is 0 Å². The van der Waals surface area contributed by atoms with E-state index in [4.69, 9.17) is 4.74 Å². The molecule has 0 amide bonds. The van der Waals surface area contributed by atoms with E-state index in [9.17, 15) is 4.79 Å². The third-order valence-corrected chi connectivity index (χ3v) is 2.25. The highest BCUT2D eigenvalue weighted by atomic mass is 16.6. The molecule has 1 rings (SSSR count). The smallest absolute Gasteiger partial charge is 0.334 e. The molecule has 17 heavy (non-hydrogen) atoms. The monoisotopic (exact) mass is 232 g/mol. The predicted octanol–water partition coefficient (Wildman–Crippen LogP) is 3.52. The second kappa shape index (κ2) is 5.67. The number of allylic oxidation sites excluding steroid dienone is 1. The largest absolute Gasteiger partial charge is 0.457 e. The van der Waals surface area contributed by atoms with Gasteiger partial charge in [0.05, 0.1) is 0 Å². The number of ether oxygens (including phenoxy) is 1. The number of hydrogen-bond acceptors (Lipinski definition) is 2. The molecule has 0 aliphatic heterocycles. The van der Waals surface area contributed by atoms with Gasteiger partial charge in [0, 0.05) is 12.0 Å².